The van der Waals surface area contributed by atoms with E-state index < -0.39 is 0 Å². The lowest BCUT2D eigenvalue weighted by molar-refractivity contribution is 0.0953. The number of rotatable bonds is 5. The van der Waals surface area contributed by atoms with Gasteiger partial charge in [0.1, 0.15) is 5.75 Å². The molecular weight excluding hydrogens is 450 g/mol. The lowest BCUT2D eigenvalue weighted by Crippen LogP contribution is -2.26. The molecule has 6 heteroatoms. The largest absolute Gasteiger partial charge is 0.507 e. The Balaban J connectivity index is 1.16. The number of hydrogen-bond donors (Lipinski definition) is 2. The zero-order chi connectivity index (χ0) is 24.6. The molecule has 0 saturated heterocycles. The summed E-state index contributed by atoms with van der Waals surface area (Å²) in [6, 6.07) is 29.9. The maximum absolute atomic E-state index is 13.0. The lowest BCUT2D eigenvalue weighted by Gasteiger charge is -2.18. The van der Waals surface area contributed by atoms with E-state index in [9.17, 15) is 14.7 Å². The molecule has 0 saturated carbocycles. The van der Waals surface area contributed by atoms with Gasteiger partial charge >= 0.3 is 0 Å². The van der Waals surface area contributed by atoms with Gasteiger partial charge in [-0.1, -0.05) is 66.7 Å². The quantitative estimate of drug-likeness (QED) is 0.258. The molecule has 5 aromatic rings. The summed E-state index contributed by atoms with van der Waals surface area (Å²) in [6.07, 6.45) is 1.45. The van der Waals surface area contributed by atoms with Crippen LogP contribution < -0.4 is 10.3 Å². The molecule has 1 heterocycles. The number of nitrogens with one attached hydrogen (secondary N) is 1. The Labute approximate surface area is 207 Å². The minimum absolute atomic E-state index is 0.0188. The van der Waals surface area contributed by atoms with Crippen LogP contribution in [-0.4, -0.2) is 23.1 Å². The summed E-state index contributed by atoms with van der Waals surface area (Å²) in [5, 5.41) is 18.1. The number of fused-ring (bicyclic) bond motifs is 1. The fraction of sp³-hybridized carbons (Fsp3) is 0.0333. The zero-order valence-corrected chi connectivity index (χ0v) is 19.2. The molecule has 6 nitrogen and oxygen atoms in total. The Morgan fingerprint density at radius 2 is 1.61 bits per heavy atom. The molecule has 0 atom stereocenters. The van der Waals surface area contributed by atoms with Gasteiger partial charge in [0.2, 0.25) is 0 Å². The first kappa shape index (κ1) is 21.6. The molecule has 0 aromatic heterocycles. The van der Waals surface area contributed by atoms with Gasteiger partial charge in [-0.2, -0.15) is 5.10 Å². The van der Waals surface area contributed by atoms with Gasteiger partial charge in [-0.05, 0) is 52.1 Å². The molecule has 0 fully saturated rings. The summed E-state index contributed by atoms with van der Waals surface area (Å²) in [4.78, 5) is 27.4. The first-order valence-corrected chi connectivity index (χ1v) is 11.6. The van der Waals surface area contributed by atoms with Crippen molar-refractivity contribution in [3.63, 3.8) is 0 Å². The van der Waals surface area contributed by atoms with Crippen molar-refractivity contribution in [2.75, 3.05) is 4.90 Å². The van der Waals surface area contributed by atoms with Crippen molar-refractivity contribution in [1.82, 2.24) is 5.43 Å². The van der Waals surface area contributed by atoms with E-state index in [2.05, 4.69) is 10.5 Å². The summed E-state index contributed by atoms with van der Waals surface area (Å²) >= 11 is 0. The predicted molar refractivity (Wildman–Crippen MR) is 142 cm³/mol. The highest BCUT2D eigenvalue weighted by Crippen LogP contribution is 2.38. The molecule has 174 valence electrons. The lowest BCUT2D eigenvalue weighted by atomic mass is 10.0. The standard InChI is InChI=1S/C30H21N3O3/c34-27-16-15-20-5-1-2-8-23(20)25(27)17-31-32-29(35)22-13-11-19(12-14-22)18-33-26-10-4-7-21-6-3-9-24(28(21)26)30(33)36/h1-17,34H,18H2,(H,32,35). The number of phenols is 1. The van der Waals surface area contributed by atoms with Crippen LogP contribution in [0.25, 0.3) is 21.5 Å². The summed E-state index contributed by atoms with van der Waals surface area (Å²) < 4.78 is 0. The summed E-state index contributed by atoms with van der Waals surface area (Å²) in [6.45, 7) is 0.410. The Bertz CT molecular complexity index is 1680. The van der Waals surface area contributed by atoms with E-state index in [0.717, 1.165) is 32.8 Å². The maximum Gasteiger partial charge on any atom is 0.271 e. The van der Waals surface area contributed by atoms with Gasteiger partial charge in [0.15, 0.2) is 0 Å². The van der Waals surface area contributed by atoms with Crippen LogP contribution in [0, 0.1) is 0 Å². The van der Waals surface area contributed by atoms with Gasteiger partial charge in [-0.25, -0.2) is 5.43 Å². The van der Waals surface area contributed by atoms with Crippen LogP contribution in [0.3, 0.4) is 0 Å². The molecule has 0 aliphatic carbocycles. The van der Waals surface area contributed by atoms with Crippen molar-refractivity contribution in [1.29, 1.82) is 0 Å². The highest BCUT2D eigenvalue weighted by atomic mass is 16.3. The minimum atomic E-state index is -0.369. The van der Waals surface area contributed by atoms with E-state index in [-0.39, 0.29) is 17.6 Å². The molecular formula is C30H21N3O3. The second kappa shape index (κ2) is 8.67. The number of anilines is 1. The maximum atomic E-state index is 13.0. The Morgan fingerprint density at radius 3 is 2.44 bits per heavy atom. The van der Waals surface area contributed by atoms with Crippen molar-refractivity contribution < 1.29 is 14.7 Å². The molecule has 1 aliphatic heterocycles. The van der Waals surface area contributed by atoms with Crippen molar-refractivity contribution in [2.45, 2.75) is 6.54 Å². The Morgan fingerprint density at radius 1 is 0.861 bits per heavy atom. The molecule has 36 heavy (non-hydrogen) atoms. The van der Waals surface area contributed by atoms with Crippen molar-refractivity contribution in [3.05, 3.63) is 119 Å². The first-order chi connectivity index (χ1) is 17.6. The van der Waals surface area contributed by atoms with Gasteiger partial charge in [0.25, 0.3) is 11.8 Å². The first-order valence-electron chi connectivity index (χ1n) is 11.6. The van der Waals surface area contributed by atoms with Crippen LogP contribution in [0.5, 0.6) is 5.75 Å². The van der Waals surface area contributed by atoms with E-state index in [1.807, 2.05) is 78.9 Å². The SMILES string of the molecule is O=C(NN=Cc1c(O)ccc2ccccc12)c1ccc(CN2C(=O)c3cccc4cccc2c34)cc1. The zero-order valence-electron chi connectivity index (χ0n) is 19.2. The number of nitrogens with zero attached hydrogens (tertiary/aromatic N) is 2. The summed E-state index contributed by atoms with van der Waals surface area (Å²) in [5.41, 5.74) is 6.03. The highest BCUT2D eigenvalue weighted by Gasteiger charge is 2.29. The van der Waals surface area contributed by atoms with E-state index in [1.165, 1.54) is 6.21 Å². The predicted octanol–water partition coefficient (Wildman–Crippen LogP) is 5.62. The van der Waals surface area contributed by atoms with E-state index in [4.69, 9.17) is 0 Å². The van der Waals surface area contributed by atoms with Gasteiger partial charge in [-0.3, -0.25) is 9.59 Å². The number of amides is 2. The number of phenolic OH excluding ortho intramolecular Hbond substituents is 1. The number of aromatic hydroxyl groups is 1. The average Bonchev–Trinajstić information content (AvgIpc) is 3.18. The molecule has 2 N–H and O–H groups in total. The van der Waals surface area contributed by atoms with Crippen LogP contribution in [0.4, 0.5) is 5.69 Å². The number of carbonyl (C=O) groups excluding carboxylic acids is 2. The third-order valence-electron chi connectivity index (χ3n) is 6.51. The van der Waals surface area contributed by atoms with Crippen molar-refractivity contribution in [3.8, 4) is 5.75 Å². The highest BCUT2D eigenvalue weighted by molar-refractivity contribution is 6.24. The fourth-order valence-corrected chi connectivity index (χ4v) is 4.72. The van der Waals surface area contributed by atoms with Gasteiger partial charge in [0.05, 0.1) is 18.4 Å². The summed E-state index contributed by atoms with van der Waals surface area (Å²) in [5.74, 6) is -0.299. The minimum Gasteiger partial charge on any atom is -0.507 e. The molecule has 0 unspecified atom stereocenters. The molecule has 0 spiro atoms. The van der Waals surface area contributed by atoms with Gasteiger partial charge in [-0.15, -0.1) is 0 Å². The van der Waals surface area contributed by atoms with Crippen LogP contribution >= 0.6 is 0 Å². The van der Waals surface area contributed by atoms with E-state index >= 15 is 0 Å². The van der Waals surface area contributed by atoms with Crippen LogP contribution in [0.2, 0.25) is 0 Å². The second-order valence-corrected chi connectivity index (χ2v) is 8.69. The Kier molecular flexibility index (Phi) is 5.19. The van der Waals surface area contributed by atoms with Gasteiger partial charge in [0, 0.05) is 22.1 Å². The number of hydrogen-bond acceptors (Lipinski definition) is 4. The smallest absolute Gasteiger partial charge is 0.271 e. The second-order valence-electron chi connectivity index (χ2n) is 8.69. The van der Waals surface area contributed by atoms with Crippen LogP contribution in [0.1, 0.15) is 31.8 Å². The van der Waals surface area contributed by atoms with Crippen molar-refractivity contribution in [2.24, 2.45) is 5.10 Å². The molecule has 2 amide bonds. The molecule has 0 radical (unpaired) electrons. The van der Waals surface area contributed by atoms with Crippen molar-refractivity contribution >= 4 is 45.3 Å². The van der Waals surface area contributed by atoms with E-state index in [0.29, 0.717) is 23.2 Å². The monoisotopic (exact) mass is 471 g/mol. The molecule has 1 aliphatic rings. The number of benzene rings is 5. The average molecular weight is 472 g/mol. The van der Waals surface area contributed by atoms with E-state index in [1.54, 1.807) is 23.1 Å². The molecule has 0 bridgehead atoms. The van der Waals surface area contributed by atoms with Crippen LogP contribution in [-0.2, 0) is 6.54 Å². The summed E-state index contributed by atoms with van der Waals surface area (Å²) in [7, 11) is 0. The normalized spacial score (nSPS) is 12.7. The van der Waals surface area contributed by atoms with Gasteiger partial charge < -0.3 is 10.0 Å². The topological polar surface area (TPSA) is 82.0 Å². The number of hydrazone groups is 1. The third kappa shape index (κ3) is 3.65. The Hall–Kier alpha value is -4.97. The third-order valence-corrected chi connectivity index (χ3v) is 6.51. The van der Waals surface area contributed by atoms with Crippen LogP contribution in [0.15, 0.2) is 102 Å². The molecule has 6 rings (SSSR count). The molecule has 5 aromatic carbocycles. The number of carbonyl (C=O) groups is 2. The fourth-order valence-electron chi connectivity index (χ4n) is 4.72.